The zero-order valence-electron chi connectivity index (χ0n) is 15.8. The predicted octanol–water partition coefficient (Wildman–Crippen LogP) is 3.90. The zero-order valence-corrected chi connectivity index (χ0v) is 15.8. The van der Waals surface area contributed by atoms with Crippen LogP contribution in [-0.4, -0.2) is 27.8 Å². The maximum absolute atomic E-state index is 12.9. The molecule has 0 unspecified atom stereocenters. The Kier molecular flexibility index (Phi) is 4.56. The maximum atomic E-state index is 12.9. The van der Waals surface area contributed by atoms with Gasteiger partial charge in [-0.2, -0.15) is 5.10 Å². The summed E-state index contributed by atoms with van der Waals surface area (Å²) in [6, 6.07) is 10.0. The highest BCUT2D eigenvalue weighted by atomic mass is 16.5. The van der Waals surface area contributed by atoms with E-state index < -0.39 is 0 Å². The number of benzene rings is 1. The molecule has 3 aromatic rings. The largest absolute Gasteiger partial charge is 0.497 e. The van der Waals surface area contributed by atoms with Crippen LogP contribution in [0.3, 0.4) is 0 Å². The molecular weight excluding hydrogens is 340 g/mol. The summed E-state index contributed by atoms with van der Waals surface area (Å²) in [7, 11) is 1.65. The Hall–Kier alpha value is -2.89. The number of hydrogen-bond acceptors (Lipinski definition) is 4. The topological polar surface area (TPSA) is 69.0 Å². The first-order valence-electron chi connectivity index (χ1n) is 9.35. The minimum atomic E-state index is -0.102. The van der Waals surface area contributed by atoms with Gasteiger partial charge < -0.3 is 10.1 Å². The number of fused-ring (bicyclic) bond motifs is 1. The molecule has 1 aromatic carbocycles. The lowest BCUT2D eigenvalue weighted by atomic mass is 10.0. The highest BCUT2D eigenvalue weighted by Crippen LogP contribution is 2.41. The molecule has 1 saturated carbocycles. The van der Waals surface area contributed by atoms with Crippen LogP contribution in [0.2, 0.25) is 0 Å². The van der Waals surface area contributed by atoms with Crippen molar-refractivity contribution in [2.45, 2.75) is 38.8 Å². The molecule has 0 spiro atoms. The number of nitrogens with zero attached hydrogens (tertiary/aromatic N) is 3. The number of hydrogen-bond donors (Lipinski definition) is 1. The Balaban J connectivity index is 1.56. The molecule has 27 heavy (non-hydrogen) atoms. The number of methoxy groups -OCH3 is 1. The Morgan fingerprint density at radius 2 is 1.96 bits per heavy atom. The number of pyridine rings is 1. The Bertz CT molecular complexity index is 958. The molecule has 4 rings (SSSR count). The summed E-state index contributed by atoms with van der Waals surface area (Å²) in [4.78, 5) is 17.3. The predicted molar refractivity (Wildman–Crippen MR) is 104 cm³/mol. The Morgan fingerprint density at radius 3 is 2.59 bits per heavy atom. The van der Waals surface area contributed by atoms with Gasteiger partial charge in [-0.3, -0.25) is 4.79 Å². The lowest BCUT2D eigenvalue weighted by molar-refractivity contribution is 0.0931. The normalized spacial score (nSPS) is 15.1. The molecule has 2 heterocycles. The number of carbonyl (C=O) groups is 1. The van der Waals surface area contributed by atoms with Crippen LogP contribution in [-0.2, 0) is 0 Å². The second kappa shape index (κ2) is 7.02. The van der Waals surface area contributed by atoms with Gasteiger partial charge in [0.05, 0.1) is 24.9 Å². The highest BCUT2D eigenvalue weighted by Gasteiger charge is 2.33. The third-order valence-corrected chi connectivity index (χ3v) is 5.04. The van der Waals surface area contributed by atoms with Crippen LogP contribution >= 0.6 is 0 Å². The van der Waals surface area contributed by atoms with Crippen LogP contribution in [0.1, 0.15) is 54.7 Å². The van der Waals surface area contributed by atoms with E-state index in [1.165, 1.54) is 0 Å². The van der Waals surface area contributed by atoms with E-state index in [2.05, 4.69) is 29.2 Å². The summed E-state index contributed by atoms with van der Waals surface area (Å²) in [6.45, 7) is 4.12. The molecule has 0 bridgehead atoms. The highest BCUT2D eigenvalue weighted by molar-refractivity contribution is 5.97. The molecule has 1 amide bonds. The van der Waals surface area contributed by atoms with Crippen molar-refractivity contribution in [3.8, 4) is 5.75 Å². The lowest BCUT2D eigenvalue weighted by Crippen LogP contribution is -2.30. The van der Waals surface area contributed by atoms with E-state index >= 15 is 0 Å². The van der Waals surface area contributed by atoms with Crippen molar-refractivity contribution in [1.29, 1.82) is 0 Å². The van der Waals surface area contributed by atoms with Gasteiger partial charge in [-0.15, -0.1) is 0 Å². The first-order valence-corrected chi connectivity index (χ1v) is 9.35. The quantitative estimate of drug-likeness (QED) is 0.720. The smallest absolute Gasteiger partial charge is 0.253 e. The van der Waals surface area contributed by atoms with E-state index in [-0.39, 0.29) is 18.0 Å². The van der Waals surface area contributed by atoms with Gasteiger partial charge in [0.1, 0.15) is 5.75 Å². The van der Waals surface area contributed by atoms with Gasteiger partial charge in [0.15, 0.2) is 5.65 Å². The van der Waals surface area contributed by atoms with Crippen LogP contribution < -0.4 is 10.1 Å². The van der Waals surface area contributed by atoms with Crippen molar-refractivity contribution in [2.24, 2.45) is 5.92 Å². The first-order chi connectivity index (χ1) is 13.1. The zero-order chi connectivity index (χ0) is 19.0. The molecule has 1 aliphatic carbocycles. The van der Waals surface area contributed by atoms with Gasteiger partial charge in [0.25, 0.3) is 5.91 Å². The van der Waals surface area contributed by atoms with Gasteiger partial charge in [0.2, 0.25) is 0 Å². The van der Waals surface area contributed by atoms with E-state index in [1.54, 1.807) is 19.5 Å². The molecule has 0 radical (unpaired) electrons. The maximum Gasteiger partial charge on any atom is 0.253 e. The summed E-state index contributed by atoms with van der Waals surface area (Å²) >= 11 is 0. The Labute approximate surface area is 158 Å². The summed E-state index contributed by atoms with van der Waals surface area (Å²) in [5.41, 5.74) is 2.47. The van der Waals surface area contributed by atoms with Crippen molar-refractivity contribution in [3.63, 3.8) is 0 Å². The van der Waals surface area contributed by atoms with Crippen molar-refractivity contribution < 1.29 is 9.53 Å². The average molecular weight is 364 g/mol. The van der Waals surface area contributed by atoms with Gasteiger partial charge in [-0.25, -0.2) is 9.67 Å². The van der Waals surface area contributed by atoms with Crippen molar-refractivity contribution in [2.75, 3.05) is 7.11 Å². The molecule has 1 aliphatic rings. The van der Waals surface area contributed by atoms with Gasteiger partial charge in [-0.1, -0.05) is 12.1 Å². The second-order valence-corrected chi connectivity index (χ2v) is 7.38. The standard InChI is InChI=1S/C21H24N4O2/c1-13(2)25-20-16(12-23-25)10-17(11-22-20)21(26)24-19(14-4-5-14)15-6-8-18(27-3)9-7-15/h6-14,19H,4-5H2,1-3H3,(H,24,26)/t19-/m1/s1. The third kappa shape index (κ3) is 3.52. The van der Waals surface area contributed by atoms with E-state index in [1.807, 2.05) is 35.0 Å². The fourth-order valence-corrected chi connectivity index (χ4v) is 3.38. The molecule has 2 aromatic heterocycles. The summed E-state index contributed by atoms with van der Waals surface area (Å²) < 4.78 is 7.09. The van der Waals surface area contributed by atoms with Crippen LogP contribution in [0.15, 0.2) is 42.7 Å². The summed E-state index contributed by atoms with van der Waals surface area (Å²) in [5, 5.41) is 8.44. The third-order valence-electron chi connectivity index (χ3n) is 5.04. The molecule has 0 aliphatic heterocycles. The van der Waals surface area contributed by atoms with Crippen LogP contribution in [0.5, 0.6) is 5.75 Å². The lowest BCUT2D eigenvalue weighted by Gasteiger charge is -2.19. The Morgan fingerprint density at radius 1 is 1.22 bits per heavy atom. The van der Waals surface area contributed by atoms with E-state index in [0.29, 0.717) is 11.5 Å². The molecule has 140 valence electrons. The molecule has 1 fully saturated rings. The minimum Gasteiger partial charge on any atom is -0.497 e. The number of nitrogens with one attached hydrogen (secondary N) is 1. The number of rotatable bonds is 6. The van der Waals surface area contributed by atoms with Crippen molar-refractivity contribution in [3.05, 3.63) is 53.9 Å². The summed E-state index contributed by atoms with van der Waals surface area (Å²) in [5.74, 6) is 1.20. The van der Waals surface area contributed by atoms with Crippen molar-refractivity contribution >= 4 is 16.9 Å². The fraction of sp³-hybridized carbons (Fsp3) is 0.381. The molecule has 1 N–H and O–H groups in total. The fourth-order valence-electron chi connectivity index (χ4n) is 3.38. The van der Waals surface area contributed by atoms with Crippen LogP contribution in [0, 0.1) is 5.92 Å². The average Bonchev–Trinajstić information content (AvgIpc) is 3.43. The van der Waals surface area contributed by atoms with E-state index in [4.69, 9.17) is 4.74 Å². The van der Waals surface area contributed by atoms with Gasteiger partial charge in [-0.05, 0) is 56.4 Å². The van der Waals surface area contributed by atoms with Crippen LogP contribution in [0.25, 0.3) is 11.0 Å². The van der Waals surface area contributed by atoms with Gasteiger partial charge >= 0.3 is 0 Å². The molecular formula is C21H24N4O2. The molecule has 6 heteroatoms. The SMILES string of the molecule is COc1ccc([C@H](NC(=O)c2cnc3c(cnn3C(C)C)c2)C2CC2)cc1. The van der Waals surface area contributed by atoms with Crippen LogP contribution in [0.4, 0.5) is 0 Å². The van der Waals surface area contributed by atoms with Crippen molar-refractivity contribution in [1.82, 2.24) is 20.1 Å². The number of aromatic nitrogens is 3. The number of amides is 1. The minimum absolute atomic E-state index is 0.0116. The number of carbonyl (C=O) groups excluding carboxylic acids is 1. The van der Waals surface area contributed by atoms with E-state index in [9.17, 15) is 4.79 Å². The van der Waals surface area contributed by atoms with Gasteiger partial charge in [0, 0.05) is 17.6 Å². The first kappa shape index (κ1) is 17.5. The van der Waals surface area contributed by atoms with E-state index in [0.717, 1.165) is 35.2 Å². The summed E-state index contributed by atoms with van der Waals surface area (Å²) in [6.07, 6.45) is 5.67. The monoisotopic (exact) mass is 364 g/mol. The molecule has 6 nitrogen and oxygen atoms in total. The molecule has 1 atom stereocenters. The number of ether oxygens (including phenoxy) is 1. The second-order valence-electron chi connectivity index (χ2n) is 7.38. The molecule has 0 saturated heterocycles.